The molecule has 3 nitrogen and oxygen atoms in total. The highest BCUT2D eigenvalue weighted by molar-refractivity contribution is 6.41. The van der Waals surface area contributed by atoms with Crippen molar-refractivity contribution in [3.05, 3.63) is 70.8 Å². The summed E-state index contributed by atoms with van der Waals surface area (Å²) in [6.45, 7) is 0.201. The average molecular weight is 288 g/mol. The van der Waals surface area contributed by atoms with Gasteiger partial charge in [0.2, 0.25) is 0 Å². The molecule has 1 aliphatic rings. The van der Waals surface area contributed by atoms with E-state index >= 15 is 0 Å². The van der Waals surface area contributed by atoms with Gasteiger partial charge in [-0.05, 0) is 23.8 Å². The van der Waals surface area contributed by atoms with Crippen molar-refractivity contribution in [3.63, 3.8) is 0 Å². The van der Waals surface area contributed by atoms with E-state index < -0.39 is 0 Å². The molecule has 0 spiro atoms. The van der Waals surface area contributed by atoms with E-state index in [1.165, 1.54) is 0 Å². The van der Waals surface area contributed by atoms with Gasteiger partial charge < -0.3 is 4.74 Å². The van der Waals surface area contributed by atoms with Crippen LogP contribution in [-0.2, 0) is 0 Å². The van der Waals surface area contributed by atoms with Crippen LogP contribution in [0.15, 0.2) is 54.1 Å². The quantitative estimate of drug-likeness (QED) is 0.495. The lowest BCUT2D eigenvalue weighted by Crippen LogP contribution is -2.00. The summed E-state index contributed by atoms with van der Waals surface area (Å²) in [6.07, 6.45) is 6.73. The molecule has 0 bridgehead atoms. The average Bonchev–Trinajstić information content (AvgIpc) is 2.80. The zero-order valence-electron chi connectivity index (χ0n) is 11.7. The molecule has 106 valence electrons. The van der Waals surface area contributed by atoms with Gasteiger partial charge >= 0.3 is 0 Å². The standard InChI is InChI=1S/C19H12O3/c1-2-11-22-14-9-7-13(8-10-14)12-17-18(20)15-5-3-4-6-16(15)19(17)21/h1,3-10,12H,11H2. The normalized spacial score (nSPS) is 12.8. The van der Waals surface area contributed by atoms with Gasteiger partial charge in [0.1, 0.15) is 12.4 Å². The number of Topliss-reactive ketones (excluding diaryl/α,β-unsaturated/α-hetero) is 2. The SMILES string of the molecule is C#CCOc1ccc(C=C2C(=O)c3ccccc3C2=O)cc1. The highest BCUT2D eigenvalue weighted by Crippen LogP contribution is 2.27. The summed E-state index contributed by atoms with van der Waals surface area (Å²) >= 11 is 0. The first-order valence-corrected chi connectivity index (χ1v) is 6.77. The fourth-order valence-corrected chi connectivity index (χ4v) is 2.36. The molecule has 0 aliphatic heterocycles. The smallest absolute Gasteiger partial charge is 0.197 e. The Balaban J connectivity index is 1.89. The Kier molecular flexibility index (Phi) is 3.59. The third-order valence-electron chi connectivity index (χ3n) is 3.42. The molecule has 22 heavy (non-hydrogen) atoms. The van der Waals surface area contributed by atoms with E-state index in [4.69, 9.17) is 11.2 Å². The second kappa shape index (κ2) is 5.71. The summed E-state index contributed by atoms with van der Waals surface area (Å²) in [5.74, 6) is 2.58. The Labute approximate surface area is 128 Å². The Morgan fingerprint density at radius 1 is 0.955 bits per heavy atom. The molecule has 0 atom stereocenters. The number of fused-ring (bicyclic) bond motifs is 1. The van der Waals surface area contributed by atoms with Crippen LogP contribution in [0.2, 0.25) is 0 Å². The summed E-state index contributed by atoms with van der Waals surface area (Å²) in [4.78, 5) is 24.6. The van der Waals surface area contributed by atoms with Crippen LogP contribution in [-0.4, -0.2) is 18.2 Å². The van der Waals surface area contributed by atoms with E-state index in [1.807, 2.05) is 0 Å². The summed E-state index contributed by atoms with van der Waals surface area (Å²) < 4.78 is 5.28. The Bertz CT molecular complexity index is 784. The third-order valence-corrected chi connectivity index (χ3v) is 3.42. The van der Waals surface area contributed by atoms with E-state index in [1.54, 1.807) is 54.6 Å². The number of ketones is 2. The van der Waals surface area contributed by atoms with Gasteiger partial charge in [-0.2, -0.15) is 0 Å². The van der Waals surface area contributed by atoms with E-state index in [0.29, 0.717) is 16.9 Å². The topological polar surface area (TPSA) is 43.4 Å². The fraction of sp³-hybridized carbons (Fsp3) is 0.0526. The van der Waals surface area contributed by atoms with Crippen molar-refractivity contribution in [2.24, 2.45) is 0 Å². The van der Waals surface area contributed by atoms with Gasteiger partial charge in [-0.15, -0.1) is 6.42 Å². The number of allylic oxidation sites excluding steroid dienone is 1. The summed E-state index contributed by atoms with van der Waals surface area (Å²) in [6, 6.07) is 13.9. The second-order valence-electron chi connectivity index (χ2n) is 4.82. The molecule has 0 unspecified atom stereocenters. The van der Waals surface area contributed by atoms with Gasteiger partial charge in [0.05, 0.1) is 5.57 Å². The Morgan fingerprint density at radius 2 is 1.55 bits per heavy atom. The number of terminal acetylenes is 1. The zero-order chi connectivity index (χ0) is 15.5. The minimum absolute atomic E-state index is 0.193. The Hall–Kier alpha value is -3.12. The van der Waals surface area contributed by atoms with E-state index in [9.17, 15) is 9.59 Å². The molecular formula is C19H12O3. The first-order chi connectivity index (χ1) is 10.7. The number of hydrogen-bond acceptors (Lipinski definition) is 3. The maximum absolute atomic E-state index is 12.3. The number of hydrogen-bond donors (Lipinski definition) is 0. The molecule has 0 aromatic heterocycles. The zero-order valence-corrected chi connectivity index (χ0v) is 11.7. The maximum atomic E-state index is 12.3. The molecule has 2 aromatic rings. The first kappa shape index (κ1) is 13.8. The molecule has 3 rings (SSSR count). The van der Waals surface area contributed by atoms with Crippen molar-refractivity contribution in [3.8, 4) is 18.1 Å². The first-order valence-electron chi connectivity index (χ1n) is 6.77. The molecule has 3 heteroatoms. The Morgan fingerprint density at radius 3 is 2.09 bits per heavy atom. The van der Waals surface area contributed by atoms with Gasteiger partial charge in [0.25, 0.3) is 0 Å². The van der Waals surface area contributed by atoms with Crippen molar-refractivity contribution in [1.29, 1.82) is 0 Å². The molecule has 0 saturated heterocycles. The van der Waals surface area contributed by atoms with Crippen LogP contribution < -0.4 is 4.74 Å². The number of rotatable bonds is 3. The predicted molar refractivity (Wildman–Crippen MR) is 83.9 cm³/mol. The highest BCUT2D eigenvalue weighted by atomic mass is 16.5. The summed E-state index contributed by atoms with van der Waals surface area (Å²) in [5, 5.41) is 0. The van der Waals surface area contributed by atoms with Gasteiger partial charge in [0.15, 0.2) is 11.6 Å². The molecule has 0 radical (unpaired) electrons. The summed E-state index contributed by atoms with van der Waals surface area (Å²) in [7, 11) is 0. The van der Waals surface area contributed by atoms with Gasteiger partial charge in [-0.25, -0.2) is 0 Å². The largest absolute Gasteiger partial charge is 0.481 e. The summed E-state index contributed by atoms with van der Waals surface area (Å²) in [5.41, 5.74) is 1.89. The number of benzene rings is 2. The van der Waals surface area contributed by atoms with E-state index in [2.05, 4.69) is 5.92 Å². The lowest BCUT2D eigenvalue weighted by atomic mass is 10.1. The lowest BCUT2D eigenvalue weighted by Gasteiger charge is -2.02. The predicted octanol–water partition coefficient (Wildman–Crippen LogP) is 3.16. The van der Waals surface area contributed by atoms with Crippen LogP contribution in [0.3, 0.4) is 0 Å². The molecule has 0 N–H and O–H groups in total. The molecule has 0 fully saturated rings. The van der Waals surface area contributed by atoms with Crippen molar-refractivity contribution in [2.45, 2.75) is 0 Å². The number of carbonyl (C=O) groups is 2. The molecule has 2 aromatic carbocycles. The van der Waals surface area contributed by atoms with Crippen molar-refractivity contribution < 1.29 is 14.3 Å². The molecule has 1 aliphatic carbocycles. The van der Waals surface area contributed by atoms with Crippen molar-refractivity contribution >= 4 is 17.6 Å². The van der Waals surface area contributed by atoms with Crippen LogP contribution in [0.25, 0.3) is 6.08 Å². The molecule has 0 amide bonds. The number of ether oxygens (including phenoxy) is 1. The monoisotopic (exact) mass is 288 g/mol. The van der Waals surface area contributed by atoms with Gasteiger partial charge in [0, 0.05) is 11.1 Å². The third kappa shape index (κ3) is 2.43. The van der Waals surface area contributed by atoms with Crippen LogP contribution in [0.5, 0.6) is 5.75 Å². The fourth-order valence-electron chi connectivity index (χ4n) is 2.36. The van der Waals surface area contributed by atoms with Crippen LogP contribution in [0.4, 0.5) is 0 Å². The van der Waals surface area contributed by atoms with E-state index in [0.717, 1.165) is 5.56 Å². The molecule has 0 saturated carbocycles. The molecular weight excluding hydrogens is 276 g/mol. The van der Waals surface area contributed by atoms with Crippen molar-refractivity contribution in [2.75, 3.05) is 6.61 Å². The van der Waals surface area contributed by atoms with Crippen molar-refractivity contribution in [1.82, 2.24) is 0 Å². The maximum Gasteiger partial charge on any atom is 0.197 e. The van der Waals surface area contributed by atoms with Gasteiger partial charge in [-0.1, -0.05) is 42.3 Å². The number of carbonyl (C=O) groups excluding carboxylic acids is 2. The van der Waals surface area contributed by atoms with Gasteiger partial charge in [-0.3, -0.25) is 9.59 Å². The highest BCUT2D eigenvalue weighted by Gasteiger charge is 2.32. The second-order valence-corrected chi connectivity index (χ2v) is 4.82. The minimum Gasteiger partial charge on any atom is -0.481 e. The minimum atomic E-state index is -0.228. The van der Waals surface area contributed by atoms with Crippen LogP contribution >= 0.6 is 0 Å². The van der Waals surface area contributed by atoms with E-state index in [-0.39, 0.29) is 23.7 Å². The van der Waals surface area contributed by atoms with Crippen LogP contribution in [0.1, 0.15) is 26.3 Å². The molecule has 0 heterocycles. The van der Waals surface area contributed by atoms with Crippen LogP contribution in [0, 0.1) is 12.3 Å². The lowest BCUT2D eigenvalue weighted by molar-refractivity contribution is 0.0990.